The minimum Gasteiger partial charge on any atom is -0.481 e. The summed E-state index contributed by atoms with van der Waals surface area (Å²) in [5.74, 6) is -1.70. The maximum absolute atomic E-state index is 12.9. The number of rotatable bonds is 9. The molecule has 35 heavy (non-hydrogen) atoms. The number of hydrogen-bond donors (Lipinski definition) is 3. The Hall–Kier alpha value is -3.39. The number of hydrogen-bond acceptors (Lipinski definition) is 5. The molecular formula is C27H32N2O6. The van der Waals surface area contributed by atoms with Crippen molar-refractivity contribution < 1.29 is 29.0 Å². The summed E-state index contributed by atoms with van der Waals surface area (Å²) in [6.45, 7) is 2.95. The smallest absolute Gasteiger partial charge is 0.407 e. The third-order valence-electron chi connectivity index (χ3n) is 6.98. The second kappa shape index (κ2) is 10.9. The summed E-state index contributed by atoms with van der Waals surface area (Å²) in [4.78, 5) is 36.5. The van der Waals surface area contributed by atoms with Crippen molar-refractivity contribution in [1.29, 1.82) is 0 Å². The highest BCUT2D eigenvalue weighted by molar-refractivity contribution is 5.80. The second-order valence-electron chi connectivity index (χ2n) is 9.40. The topological polar surface area (TPSA) is 114 Å². The Balaban J connectivity index is 1.36. The lowest BCUT2D eigenvalue weighted by Gasteiger charge is -2.37. The van der Waals surface area contributed by atoms with E-state index in [1.165, 1.54) is 0 Å². The van der Waals surface area contributed by atoms with Gasteiger partial charge in [0, 0.05) is 32.1 Å². The first kappa shape index (κ1) is 24.7. The molecule has 2 amide bonds. The van der Waals surface area contributed by atoms with Crippen LogP contribution in [0.3, 0.4) is 0 Å². The van der Waals surface area contributed by atoms with Gasteiger partial charge in [0.2, 0.25) is 5.91 Å². The van der Waals surface area contributed by atoms with Gasteiger partial charge in [-0.2, -0.15) is 0 Å². The van der Waals surface area contributed by atoms with Crippen LogP contribution in [0.1, 0.15) is 49.7 Å². The molecule has 0 aromatic heterocycles. The molecule has 1 heterocycles. The number of nitrogens with one attached hydrogen (secondary N) is 2. The Bertz CT molecular complexity index is 1030. The summed E-state index contributed by atoms with van der Waals surface area (Å²) in [6, 6.07) is 16.3. The molecule has 0 saturated carbocycles. The normalized spacial score (nSPS) is 17.1. The molecule has 1 aliphatic heterocycles. The highest BCUT2D eigenvalue weighted by Gasteiger charge is 2.37. The van der Waals surface area contributed by atoms with Crippen molar-refractivity contribution in [2.45, 2.75) is 44.1 Å². The fourth-order valence-electron chi connectivity index (χ4n) is 4.88. The van der Waals surface area contributed by atoms with E-state index < -0.39 is 23.5 Å². The number of benzene rings is 2. The number of ether oxygens (including phenoxy) is 2. The van der Waals surface area contributed by atoms with Gasteiger partial charge in [-0.25, -0.2) is 4.79 Å². The predicted octanol–water partition coefficient (Wildman–Crippen LogP) is 3.69. The number of carboxylic acid groups (broad SMARTS) is 1. The molecule has 0 radical (unpaired) electrons. The molecule has 1 aliphatic carbocycles. The third kappa shape index (κ3) is 5.82. The van der Waals surface area contributed by atoms with E-state index in [4.69, 9.17) is 14.6 Å². The molecule has 2 aromatic carbocycles. The molecule has 8 heteroatoms. The Morgan fingerprint density at radius 3 is 2.26 bits per heavy atom. The average molecular weight is 481 g/mol. The number of carbonyl (C=O) groups excluding carboxylic acids is 2. The zero-order valence-corrected chi connectivity index (χ0v) is 19.9. The average Bonchev–Trinajstić information content (AvgIpc) is 3.16. The lowest BCUT2D eigenvalue weighted by molar-refractivity contribution is -0.141. The fourth-order valence-corrected chi connectivity index (χ4v) is 4.88. The van der Waals surface area contributed by atoms with Crippen LogP contribution >= 0.6 is 0 Å². The number of carbonyl (C=O) groups is 3. The van der Waals surface area contributed by atoms with E-state index in [0.29, 0.717) is 32.5 Å². The first-order valence-corrected chi connectivity index (χ1v) is 12.1. The Labute approximate surface area is 205 Å². The van der Waals surface area contributed by atoms with Crippen molar-refractivity contribution in [2.75, 3.05) is 26.4 Å². The van der Waals surface area contributed by atoms with Crippen molar-refractivity contribution in [3.8, 4) is 11.1 Å². The number of carboxylic acids is 1. The van der Waals surface area contributed by atoms with E-state index in [1.54, 1.807) is 6.92 Å². The summed E-state index contributed by atoms with van der Waals surface area (Å²) in [6.07, 6.45) is 0.867. The molecule has 2 aromatic rings. The molecule has 8 nitrogen and oxygen atoms in total. The van der Waals surface area contributed by atoms with Crippen LogP contribution in [0, 0.1) is 5.92 Å². The molecule has 1 unspecified atom stereocenters. The van der Waals surface area contributed by atoms with Gasteiger partial charge in [-0.1, -0.05) is 55.5 Å². The summed E-state index contributed by atoms with van der Waals surface area (Å²) in [5, 5.41) is 14.7. The van der Waals surface area contributed by atoms with Crippen LogP contribution in [-0.2, 0) is 19.1 Å². The molecule has 1 atom stereocenters. The molecule has 3 N–H and O–H groups in total. The van der Waals surface area contributed by atoms with Crippen LogP contribution in [0.4, 0.5) is 4.79 Å². The van der Waals surface area contributed by atoms with Gasteiger partial charge in [0.05, 0.1) is 11.5 Å². The van der Waals surface area contributed by atoms with E-state index in [0.717, 1.165) is 22.3 Å². The SMILES string of the molecule is CC(CCNC(=O)CC1(NC(=O)OCC2c3ccccc3-c3ccccc32)CCOCC1)C(=O)O. The molecule has 186 valence electrons. The second-order valence-corrected chi connectivity index (χ2v) is 9.40. The monoisotopic (exact) mass is 480 g/mol. The number of aliphatic carboxylic acids is 1. The molecule has 2 aliphatic rings. The standard InChI is InChI=1S/C27H32N2O6/c1-18(25(31)32)10-13-28-24(30)16-27(11-14-34-15-12-27)29-26(33)35-17-23-21-8-4-2-6-19(21)20-7-3-5-9-22(20)23/h2-9,18,23H,10-17H2,1H3,(H,28,30)(H,29,33)(H,31,32). The zero-order valence-electron chi connectivity index (χ0n) is 19.9. The number of fused-ring (bicyclic) bond motifs is 3. The van der Waals surface area contributed by atoms with E-state index in [9.17, 15) is 14.4 Å². The van der Waals surface area contributed by atoms with Gasteiger partial charge in [0.25, 0.3) is 0 Å². The van der Waals surface area contributed by atoms with E-state index in [-0.39, 0.29) is 31.4 Å². The van der Waals surface area contributed by atoms with Crippen LogP contribution in [0.2, 0.25) is 0 Å². The molecule has 1 saturated heterocycles. The summed E-state index contributed by atoms with van der Waals surface area (Å²) in [5.41, 5.74) is 3.83. The highest BCUT2D eigenvalue weighted by Crippen LogP contribution is 2.44. The third-order valence-corrected chi connectivity index (χ3v) is 6.98. The maximum Gasteiger partial charge on any atom is 0.407 e. The van der Waals surface area contributed by atoms with Gasteiger partial charge in [-0.05, 0) is 41.5 Å². The summed E-state index contributed by atoms with van der Waals surface area (Å²) in [7, 11) is 0. The molecule has 4 rings (SSSR count). The van der Waals surface area contributed by atoms with E-state index >= 15 is 0 Å². The minimum absolute atomic E-state index is 0.0432. The predicted molar refractivity (Wildman–Crippen MR) is 130 cm³/mol. The maximum atomic E-state index is 12.9. The van der Waals surface area contributed by atoms with Crippen molar-refractivity contribution >= 4 is 18.0 Å². The van der Waals surface area contributed by atoms with Crippen LogP contribution in [0.15, 0.2) is 48.5 Å². The van der Waals surface area contributed by atoms with Crippen LogP contribution in [0.25, 0.3) is 11.1 Å². The van der Waals surface area contributed by atoms with Gasteiger partial charge in [-0.3, -0.25) is 9.59 Å². The molecule has 0 bridgehead atoms. The van der Waals surface area contributed by atoms with Gasteiger partial charge in [0.15, 0.2) is 0 Å². The number of alkyl carbamates (subject to hydrolysis) is 1. The Morgan fingerprint density at radius 2 is 1.66 bits per heavy atom. The number of amides is 2. The van der Waals surface area contributed by atoms with Gasteiger partial charge in [0.1, 0.15) is 6.61 Å². The van der Waals surface area contributed by atoms with Crippen molar-refractivity contribution in [3.05, 3.63) is 59.7 Å². The summed E-state index contributed by atoms with van der Waals surface area (Å²) < 4.78 is 11.2. The molecule has 1 fully saturated rings. The van der Waals surface area contributed by atoms with E-state index in [1.807, 2.05) is 24.3 Å². The first-order valence-electron chi connectivity index (χ1n) is 12.1. The van der Waals surface area contributed by atoms with Crippen LogP contribution in [0.5, 0.6) is 0 Å². The van der Waals surface area contributed by atoms with Gasteiger partial charge >= 0.3 is 12.1 Å². The van der Waals surface area contributed by atoms with Gasteiger partial charge < -0.3 is 25.2 Å². The fraction of sp³-hybridized carbons (Fsp3) is 0.444. The minimum atomic E-state index is -0.892. The van der Waals surface area contributed by atoms with Crippen molar-refractivity contribution in [3.63, 3.8) is 0 Å². The first-order chi connectivity index (χ1) is 16.9. The lowest BCUT2D eigenvalue weighted by atomic mass is 9.86. The van der Waals surface area contributed by atoms with Gasteiger partial charge in [-0.15, -0.1) is 0 Å². The lowest BCUT2D eigenvalue weighted by Crippen LogP contribution is -2.54. The van der Waals surface area contributed by atoms with Crippen molar-refractivity contribution in [2.24, 2.45) is 5.92 Å². The quantitative estimate of drug-likeness (QED) is 0.504. The summed E-state index contributed by atoms with van der Waals surface area (Å²) >= 11 is 0. The van der Waals surface area contributed by atoms with Crippen LogP contribution in [-0.4, -0.2) is 55.0 Å². The van der Waals surface area contributed by atoms with Crippen molar-refractivity contribution in [1.82, 2.24) is 10.6 Å². The zero-order chi connectivity index (χ0) is 24.8. The molecular weight excluding hydrogens is 448 g/mol. The van der Waals surface area contributed by atoms with Crippen LogP contribution < -0.4 is 10.6 Å². The Morgan fingerprint density at radius 1 is 1.06 bits per heavy atom. The largest absolute Gasteiger partial charge is 0.481 e. The highest BCUT2D eigenvalue weighted by atomic mass is 16.5. The Kier molecular flexibility index (Phi) is 7.70. The van der Waals surface area contributed by atoms with E-state index in [2.05, 4.69) is 34.9 Å². The molecule has 0 spiro atoms.